The smallest absolute Gasteiger partial charge is 0.406 e. The summed E-state index contributed by atoms with van der Waals surface area (Å²) in [6, 6.07) is 11.3. The standard InChI is InChI=1S/C21H23F4NO/c1-20(2,3)16-6-9-19(18(22)12-16)26-11-10-15(13-26)14-4-7-17(8-5-14)27-21(23,24)25/h4-9,12,15H,10-11,13H2,1-3H3. The molecule has 146 valence electrons. The predicted molar refractivity (Wildman–Crippen MR) is 97.8 cm³/mol. The molecular formula is C21H23F4NO. The molecule has 1 saturated heterocycles. The van der Waals surface area contributed by atoms with Gasteiger partial charge in [0, 0.05) is 19.0 Å². The summed E-state index contributed by atoms with van der Waals surface area (Å²) in [5.41, 5.74) is 2.33. The second kappa shape index (κ2) is 7.06. The first kappa shape index (κ1) is 19.5. The van der Waals surface area contributed by atoms with E-state index in [-0.39, 0.29) is 22.9 Å². The van der Waals surface area contributed by atoms with Gasteiger partial charge < -0.3 is 9.64 Å². The lowest BCUT2D eigenvalue weighted by atomic mass is 9.87. The normalized spacial score (nSPS) is 18.0. The number of nitrogens with zero attached hydrogens (tertiary/aromatic N) is 1. The van der Waals surface area contributed by atoms with Crippen molar-refractivity contribution in [1.82, 2.24) is 0 Å². The van der Waals surface area contributed by atoms with Gasteiger partial charge in [0.1, 0.15) is 11.6 Å². The Kier molecular flexibility index (Phi) is 5.10. The molecule has 0 N–H and O–H groups in total. The van der Waals surface area contributed by atoms with Crippen LogP contribution in [0.1, 0.15) is 44.2 Å². The van der Waals surface area contributed by atoms with Crippen molar-refractivity contribution >= 4 is 5.69 Å². The predicted octanol–water partition coefficient (Wildman–Crippen LogP) is 6.02. The Morgan fingerprint density at radius 1 is 1.00 bits per heavy atom. The van der Waals surface area contributed by atoms with Gasteiger partial charge in [0.25, 0.3) is 0 Å². The van der Waals surface area contributed by atoms with E-state index in [9.17, 15) is 17.6 Å². The minimum Gasteiger partial charge on any atom is -0.406 e. The molecule has 0 aromatic heterocycles. The molecule has 2 aromatic carbocycles. The van der Waals surface area contributed by atoms with Crippen molar-refractivity contribution in [3.8, 4) is 5.75 Å². The number of benzene rings is 2. The van der Waals surface area contributed by atoms with Crippen molar-refractivity contribution in [3.05, 3.63) is 59.4 Å². The Labute approximate surface area is 156 Å². The quantitative estimate of drug-likeness (QED) is 0.603. The van der Waals surface area contributed by atoms with Gasteiger partial charge in [0.15, 0.2) is 0 Å². The highest BCUT2D eigenvalue weighted by Crippen LogP contribution is 2.35. The fourth-order valence-corrected chi connectivity index (χ4v) is 3.42. The molecule has 0 radical (unpaired) electrons. The molecule has 1 aliphatic heterocycles. The molecule has 1 aliphatic rings. The van der Waals surface area contributed by atoms with Crippen LogP contribution in [0, 0.1) is 5.82 Å². The first-order valence-electron chi connectivity index (χ1n) is 8.93. The highest BCUT2D eigenvalue weighted by atomic mass is 19.4. The molecule has 2 nitrogen and oxygen atoms in total. The van der Waals surface area contributed by atoms with Crippen LogP contribution in [-0.2, 0) is 5.41 Å². The van der Waals surface area contributed by atoms with Crippen molar-refractivity contribution in [2.75, 3.05) is 18.0 Å². The van der Waals surface area contributed by atoms with E-state index in [1.165, 1.54) is 12.1 Å². The summed E-state index contributed by atoms with van der Waals surface area (Å²) in [5.74, 6) is -0.325. The van der Waals surface area contributed by atoms with Gasteiger partial charge in [-0.15, -0.1) is 13.2 Å². The van der Waals surface area contributed by atoms with Crippen molar-refractivity contribution in [1.29, 1.82) is 0 Å². The van der Waals surface area contributed by atoms with E-state index < -0.39 is 6.36 Å². The Morgan fingerprint density at radius 3 is 2.22 bits per heavy atom. The largest absolute Gasteiger partial charge is 0.573 e. The summed E-state index contributed by atoms with van der Waals surface area (Å²) in [7, 11) is 0. The van der Waals surface area contributed by atoms with Gasteiger partial charge in [0.2, 0.25) is 0 Å². The lowest BCUT2D eigenvalue weighted by Gasteiger charge is -2.23. The zero-order valence-corrected chi connectivity index (χ0v) is 15.6. The lowest BCUT2D eigenvalue weighted by molar-refractivity contribution is -0.274. The van der Waals surface area contributed by atoms with Gasteiger partial charge >= 0.3 is 6.36 Å². The van der Waals surface area contributed by atoms with Gasteiger partial charge in [-0.2, -0.15) is 0 Å². The number of ether oxygens (including phenoxy) is 1. The summed E-state index contributed by atoms with van der Waals surface area (Å²) < 4.78 is 55.3. The molecule has 2 aromatic rings. The highest BCUT2D eigenvalue weighted by molar-refractivity contribution is 5.52. The summed E-state index contributed by atoms with van der Waals surface area (Å²) >= 11 is 0. The molecule has 0 bridgehead atoms. The third-order valence-corrected chi connectivity index (χ3v) is 4.93. The molecule has 6 heteroatoms. The second-order valence-electron chi connectivity index (χ2n) is 7.96. The van der Waals surface area contributed by atoms with Crippen LogP contribution in [-0.4, -0.2) is 19.5 Å². The number of hydrogen-bond donors (Lipinski definition) is 0. The van der Waals surface area contributed by atoms with Gasteiger partial charge in [-0.25, -0.2) is 4.39 Å². The van der Waals surface area contributed by atoms with Gasteiger partial charge in [-0.3, -0.25) is 0 Å². The van der Waals surface area contributed by atoms with E-state index in [2.05, 4.69) is 4.74 Å². The number of halogens is 4. The molecule has 0 spiro atoms. The Hall–Kier alpha value is -2.24. The van der Waals surface area contributed by atoms with Crippen LogP contribution in [0.5, 0.6) is 5.75 Å². The molecule has 1 unspecified atom stereocenters. The first-order valence-corrected chi connectivity index (χ1v) is 8.93. The molecule has 1 heterocycles. The van der Waals surface area contributed by atoms with Crippen LogP contribution < -0.4 is 9.64 Å². The minimum atomic E-state index is -4.69. The molecule has 3 rings (SSSR count). The summed E-state index contributed by atoms with van der Waals surface area (Å²) in [5, 5.41) is 0. The maximum atomic E-state index is 14.6. The monoisotopic (exact) mass is 381 g/mol. The third-order valence-electron chi connectivity index (χ3n) is 4.93. The summed E-state index contributed by atoms with van der Waals surface area (Å²) in [6.07, 6.45) is -3.87. The van der Waals surface area contributed by atoms with E-state index in [1.807, 2.05) is 37.8 Å². The molecule has 1 atom stereocenters. The summed E-state index contributed by atoms with van der Waals surface area (Å²) in [6.45, 7) is 7.46. The van der Waals surface area contributed by atoms with Crippen LogP contribution in [0.15, 0.2) is 42.5 Å². The number of alkyl halides is 3. The average molecular weight is 381 g/mol. The molecule has 27 heavy (non-hydrogen) atoms. The fourth-order valence-electron chi connectivity index (χ4n) is 3.42. The zero-order valence-electron chi connectivity index (χ0n) is 15.6. The maximum absolute atomic E-state index is 14.6. The van der Waals surface area contributed by atoms with Gasteiger partial charge in [-0.05, 0) is 47.2 Å². The highest BCUT2D eigenvalue weighted by Gasteiger charge is 2.31. The fraction of sp³-hybridized carbons (Fsp3) is 0.429. The van der Waals surface area contributed by atoms with Crippen molar-refractivity contribution in [2.24, 2.45) is 0 Å². The third kappa shape index (κ3) is 4.73. The van der Waals surface area contributed by atoms with Crippen LogP contribution >= 0.6 is 0 Å². The molecule has 0 saturated carbocycles. The maximum Gasteiger partial charge on any atom is 0.573 e. The molecule has 1 fully saturated rings. The van der Waals surface area contributed by atoms with Crippen molar-refractivity contribution in [2.45, 2.75) is 44.9 Å². The van der Waals surface area contributed by atoms with Crippen LogP contribution in [0.4, 0.5) is 23.2 Å². The molecule has 0 aliphatic carbocycles. The number of hydrogen-bond acceptors (Lipinski definition) is 2. The van der Waals surface area contributed by atoms with E-state index >= 15 is 0 Å². The second-order valence-corrected chi connectivity index (χ2v) is 7.96. The Bertz CT molecular complexity index is 793. The SMILES string of the molecule is CC(C)(C)c1ccc(N2CCC(c3ccc(OC(F)(F)F)cc3)C2)c(F)c1. The zero-order chi connectivity index (χ0) is 19.8. The van der Waals surface area contributed by atoms with Crippen molar-refractivity contribution < 1.29 is 22.3 Å². The van der Waals surface area contributed by atoms with Gasteiger partial charge in [-0.1, -0.05) is 39.0 Å². The minimum absolute atomic E-state index is 0.118. The van der Waals surface area contributed by atoms with E-state index in [4.69, 9.17) is 0 Å². The van der Waals surface area contributed by atoms with E-state index in [0.29, 0.717) is 18.8 Å². The number of anilines is 1. The lowest BCUT2D eigenvalue weighted by Crippen LogP contribution is -2.21. The van der Waals surface area contributed by atoms with E-state index in [0.717, 1.165) is 17.5 Å². The first-order chi connectivity index (χ1) is 12.5. The van der Waals surface area contributed by atoms with Crippen molar-refractivity contribution in [3.63, 3.8) is 0 Å². The van der Waals surface area contributed by atoms with Crippen LogP contribution in [0.2, 0.25) is 0 Å². The molecular weight excluding hydrogens is 358 g/mol. The van der Waals surface area contributed by atoms with Crippen LogP contribution in [0.3, 0.4) is 0 Å². The topological polar surface area (TPSA) is 12.5 Å². The Morgan fingerprint density at radius 2 is 1.67 bits per heavy atom. The Balaban J connectivity index is 1.70. The summed E-state index contributed by atoms with van der Waals surface area (Å²) in [4.78, 5) is 1.99. The van der Waals surface area contributed by atoms with E-state index in [1.54, 1.807) is 18.2 Å². The van der Waals surface area contributed by atoms with Crippen LogP contribution in [0.25, 0.3) is 0 Å². The average Bonchev–Trinajstić information content (AvgIpc) is 3.03. The molecule has 0 amide bonds. The number of rotatable bonds is 3. The van der Waals surface area contributed by atoms with Gasteiger partial charge in [0.05, 0.1) is 5.69 Å².